The van der Waals surface area contributed by atoms with E-state index >= 15 is 0 Å². The van der Waals surface area contributed by atoms with Gasteiger partial charge in [-0.15, -0.1) is 0 Å². The van der Waals surface area contributed by atoms with Gasteiger partial charge in [0.05, 0.1) is 19.3 Å². The molecule has 1 aromatic carbocycles. The molecule has 0 unspecified atom stereocenters. The van der Waals surface area contributed by atoms with Crippen LogP contribution < -0.4 is 5.32 Å². The maximum absolute atomic E-state index is 13.1. The highest BCUT2D eigenvalue weighted by Gasteiger charge is 2.49. The topological polar surface area (TPSA) is 82.0 Å². The first-order valence-electron chi connectivity index (χ1n) is 10.8. The number of hydrogen-bond donors (Lipinski definition) is 3. The molecule has 1 aliphatic heterocycles. The first kappa shape index (κ1) is 26.0. The van der Waals surface area contributed by atoms with E-state index < -0.39 is 24.2 Å². The van der Waals surface area contributed by atoms with Gasteiger partial charge in [0.1, 0.15) is 12.1 Å². The first-order chi connectivity index (χ1) is 14.7. The molecule has 0 spiro atoms. The van der Waals surface area contributed by atoms with E-state index in [0.29, 0.717) is 13.1 Å². The molecule has 0 saturated carbocycles. The van der Waals surface area contributed by atoms with Crippen molar-refractivity contribution in [3.05, 3.63) is 56.7 Å². The molecule has 1 saturated heterocycles. The van der Waals surface area contributed by atoms with Gasteiger partial charge in [-0.25, -0.2) is 0 Å². The van der Waals surface area contributed by atoms with Crippen LogP contribution in [0, 0.1) is 9.49 Å². The molecule has 0 radical (unpaired) electrons. The van der Waals surface area contributed by atoms with Gasteiger partial charge in [0.15, 0.2) is 0 Å². The summed E-state index contributed by atoms with van der Waals surface area (Å²) in [7, 11) is 0. The lowest BCUT2D eigenvalue weighted by molar-refractivity contribution is -0.181. The number of nitrogens with one attached hydrogen (secondary N) is 1. The van der Waals surface area contributed by atoms with Crippen LogP contribution in [-0.2, 0) is 16.2 Å². The molecule has 6 nitrogen and oxygen atoms in total. The molecule has 1 amide bonds. The number of hydrogen-bond acceptors (Lipinski definition) is 5. The third-order valence-corrected chi connectivity index (χ3v) is 6.17. The fourth-order valence-corrected chi connectivity index (χ4v) is 4.13. The van der Waals surface area contributed by atoms with Gasteiger partial charge in [0, 0.05) is 16.0 Å². The molecule has 0 bridgehead atoms. The molecule has 1 aromatic rings. The van der Waals surface area contributed by atoms with Crippen LogP contribution in [-0.4, -0.2) is 52.6 Å². The van der Waals surface area contributed by atoms with Gasteiger partial charge in [-0.05, 0) is 80.8 Å². The molecule has 3 N–H and O–H groups in total. The fourth-order valence-electron chi connectivity index (χ4n) is 3.77. The molecule has 0 aliphatic carbocycles. The molecule has 0 aromatic heterocycles. The van der Waals surface area contributed by atoms with Crippen LogP contribution in [0.3, 0.4) is 0 Å². The Morgan fingerprint density at radius 1 is 1.26 bits per heavy atom. The normalized spacial score (nSPS) is 22.9. The lowest BCUT2D eigenvalue weighted by atomic mass is 9.89. The maximum atomic E-state index is 13.1. The summed E-state index contributed by atoms with van der Waals surface area (Å²) in [5, 5.41) is 24.7. The summed E-state index contributed by atoms with van der Waals surface area (Å²) in [6.45, 7) is 8.43. The van der Waals surface area contributed by atoms with Crippen molar-refractivity contribution < 1.29 is 19.8 Å². The summed E-state index contributed by atoms with van der Waals surface area (Å²) >= 11 is 2.24. The van der Waals surface area contributed by atoms with E-state index in [-0.39, 0.29) is 12.5 Å². The van der Waals surface area contributed by atoms with E-state index in [0.717, 1.165) is 22.0 Å². The van der Waals surface area contributed by atoms with Gasteiger partial charge in [0.2, 0.25) is 5.91 Å². The molecule has 7 heteroatoms. The van der Waals surface area contributed by atoms with Crippen LogP contribution >= 0.6 is 22.6 Å². The first-order valence-corrected chi connectivity index (χ1v) is 11.8. The zero-order valence-electron chi connectivity index (χ0n) is 18.8. The third kappa shape index (κ3) is 7.98. The van der Waals surface area contributed by atoms with Crippen molar-refractivity contribution in [3.63, 3.8) is 0 Å². The van der Waals surface area contributed by atoms with Crippen LogP contribution in [0.1, 0.15) is 46.1 Å². The lowest BCUT2D eigenvalue weighted by Gasteiger charge is -2.26. The number of aliphatic hydroxyl groups is 2. The largest absolute Gasteiger partial charge is 0.394 e. The standard InChI is InChI=1S/C24H35IN2O4/c1-16(2)6-5-7-17(3)12-13-26-24(30)23-22(18(4)29)21(15-28)31-27(23)14-19-8-10-20(25)11-9-19/h6,8-12,18,21-23,28-29H,5,7,13-15H2,1-4H3,(H,26,30)/t18-,21-,22+,23-/m1/s1. The van der Waals surface area contributed by atoms with E-state index in [4.69, 9.17) is 4.84 Å². The average Bonchev–Trinajstić information content (AvgIpc) is 3.08. The van der Waals surface area contributed by atoms with Gasteiger partial charge < -0.3 is 15.5 Å². The third-order valence-electron chi connectivity index (χ3n) is 5.45. The highest BCUT2D eigenvalue weighted by atomic mass is 127. The van der Waals surface area contributed by atoms with Crippen LogP contribution in [0.4, 0.5) is 0 Å². The zero-order valence-corrected chi connectivity index (χ0v) is 21.0. The number of allylic oxidation sites excluding steroid dienone is 3. The van der Waals surface area contributed by atoms with E-state index in [1.807, 2.05) is 30.3 Å². The lowest BCUT2D eigenvalue weighted by Crippen LogP contribution is -2.49. The Morgan fingerprint density at radius 2 is 1.94 bits per heavy atom. The van der Waals surface area contributed by atoms with Crippen LogP contribution in [0.15, 0.2) is 47.6 Å². The molecule has 31 heavy (non-hydrogen) atoms. The minimum atomic E-state index is -0.795. The van der Waals surface area contributed by atoms with Crippen molar-refractivity contribution in [2.45, 2.75) is 65.3 Å². The SMILES string of the molecule is CC(C)=CCCC(C)=CCNC(=O)[C@H]1[C@@H]([C@@H](C)O)[C@@H](CO)ON1Cc1ccc(I)cc1. The smallest absolute Gasteiger partial charge is 0.240 e. The monoisotopic (exact) mass is 542 g/mol. The molecular formula is C24H35IN2O4. The zero-order chi connectivity index (χ0) is 23.0. The number of nitrogens with zero attached hydrogens (tertiary/aromatic N) is 1. The van der Waals surface area contributed by atoms with Crippen molar-refractivity contribution in [1.82, 2.24) is 10.4 Å². The van der Waals surface area contributed by atoms with Gasteiger partial charge in [-0.1, -0.05) is 35.4 Å². The number of amides is 1. The summed E-state index contributed by atoms with van der Waals surface area (Å²) in [4.78, 5) is 19.0. The van der Waals surface area contributed by atoms with Gasteiger partial charge in [0.25, 0.3) is 0 Å². The average molecular weight is 542 g/mol. The van der Waals surface area contributed by atoms with Gasteiger partial charge in [-0.3, -0.25) is 9.63 Å². The number of benzene rings is 1. The second-order valence-corrected chi connectivity index (χ2v) is 9.65. The minimum absolute atomic E-state index is 0.208. The van der Waals surface area contributed by atoms with Crippen molar-refractivity contribution >= 4 is 28.5 Å². The van der Waals surface area contributed by atoms with E-state index in [9.17, 15) is 15.0 Å². The van der Waals surface area contributed by atoms with Crippen LogP contribution in [0.5, 0.6) is 0 Å². The summed E-state index contributed by atoms with van der Waals surface area (Å²) in [6, 6.07) is 7.29. The molecule has 2 rings (SSSR count). The molecular weight excluding hydrogens is 507 g/mol. The second kappa shape index (κ2) is 12.7. The summed E-state index contributed by atoms with van der Waals surface area (Å²) < 4.78 is 1.12. The molecule has 1 heterocycles. The molecule has 1 fully saturated rings. The van der Waals surface area contributed by atoms with Crippen molar-refractivity contribution in [2.75, 3.05) is 13.2 Å². The summed E-state index contributed by atoms with van der Waals surface area (Å²) in [5.74, 6) is -0.725. The maximum Gasteiger partial charge on any atom is 0.240 e. The predicted molar refractivity (Wildman–Crippen MR) is 131 cm³/mol. The fraction of sp³-hybridized carbons (Fsp3) is 0.542. The Labute approximate surface area is 199 Å². The number of carbonyl (C=O) groups is 1. The van der Waals surface area contributed by atoms with Gasteiger partial charge >= 0.3 is 0 Å². The molecule has 4 atom stereocenters. The summed E-state index contributed by atoms with van der Waals surface area (Å²) in [5.41, 5.74) is 3.52. The Balaban J connectivity index is 2.08. The minimum Gasteiger partial charge on any atom is -0.394 e. The Morgan fingerprint density at radius 3 is 2.52 bits per heavy atom. The highest BCUT2D eigenvalue weighted by Crippen LogP contribution is 2.32. The summed E-state index contributed by atoms with van der Waals surface area (Å²) in [6.07, 6.45) is 4.75. The van der Waals surface area contributed by atoms with E-state index in [1.54, 1.807) is 12.0 Å². The van der Waals surface area contributed by atoms with E-state index in [1.165, 1.54) is 11.1 Å². The molecule has 172 valence electrons. The second-order valence-electron chi connectivity index (χ2n) is 8.41. The predicted octanol–water partition coefficient (Wildman–Crippen LogP) is 3.57. The number of halogens is 1. The Kier molecular flexibility index (Phi) is 10.6. The highest BCUT2D eigenvalue weighted by molar-refractivity contribution is 14.1. The van der Waals surface area contributed by atoms with Crippen molar-refractivity contribution in [3.8, 4) is 0 Å². The Hall–Kier alpha value is -1.26. The number of rotatable bonds is 10. The Bertz CT molecular complexity index is 772. The van der Waals surface area contributed by atoms with Crippen LogP contribution in [0.25, 0.3) is 0 Å². The number of aliphatic hydroxyl groups excluding tert-OH is 2. The van der Waals surface area contributed by atoms with Gasteiger partial charge in [-0.2, -0.15) is 5.06 Å². The quantitative estimate of drug-likeness (QED) is 0.311. The van der Waals surface area contributed by atoms with Crippen molar-refractivity contribution in [1.29, 1.82) is 0 Å². The van der Waals surface area contributed by atoms with Crippen molar-refractivity contribution in [2.24, 2.45) is 5.92 Å². The molecule has 1 aliphatic rings. The van der Waals surface area contributed by atoms with E-state index in [2.05, 4.69) is 54.8 Å². The number of carbonyl (C=O) groups excluding carboxylic acids is 1. The number of hydroxylamine groups is 2. The van der Waals surface area contributed by atoms with Crippen LogP contribution in [0.2, 0.25) is 0 Å².